The van der Waals surface area contributed by atoms with E-state index in [9.17, 15) is 19.5 Å². The third kappa shape index (κ3) is 10.4. The van der Waals surface area contributed by atoms with Gasteiger partial charge in [-0.15, -0.1) is 11.3 Å². The number of thiophene rings is 1. The predicted molar refractivity (Wildman–Crippen MR) is 198 cm³/mol. The number of carbonyl (C=O) groups excluding carboxylic acids is 2. The summed E-state index contributed by atoms with van der Waals surface area (Å²) in [6, 6.07) is 18.1. The molecule has 0 aliphatic carbocycles. The van der Waals surface area contributed by atoms with Crippen LogP contribution in [0.1, 0.15) is 106 Å². The van der Waals surface area contributed by atoms with E-state index in [0.717, 1.165) is 33.7 Å². The van der Waals surface area contributed by atoms with Gasteiger partial charge in [0.25, 0.3) is 5.91 Å². The minimum absolute atomic E-state index is 0.0116. The SMILES string of the molecule is CCCCCCCOc1ccc(-c2cnc(-c3ccc([C@H](CC(=O)N[C@@](N)(CC)C(=O)O)NC(=O)c4ccc(C(C)(C)C)s4)cc3)nc2)cc1. The van der Waals surface area contributed by atoms with Gasteiger partial charge in [0.1, 0.15) is 5.75 Å². The number of carboxylic acids is 1. The molecule has 0 aliphatic rings. The predicted octanol–water partition coefficient (Wildman–Crippen LogP) is 7.65. The summed E-state index contributed by atoms with van der Waals surface area (Å²) >= 11 is 1.39. The van der Waals surface area contributed by atoms with E-state index in [1.807, 2.05) is 42.5 Å². The average molecular weight is 700 g/mol. The molecule has 2 aromatic heterocycles. The van der Waals surface area contributed by atoms with Crippen LogP contribution in [0.5, 0.6) is 5.75 Å². The van der Waals surface area contributed by atoms with E-state index >= 15 is 0 Å². The molecule has 0 bridgehead atoms. The van der Waals surface area contributed by atoms with Gasteiger partial charge in [-0.3, -0.25) is 15.3 Å². The van der Waals surface area contributed by atoms with Crippen molar-refractivity contribution < 1.29 is 24.2 Å². The summed E-state index contributed by atoms with van der Waals surface area (Å²) in [7, 11) is 0. The van der Waals surface area contributed by atoms with E-state index in [4.69, 9.17) is 10.5 Å². The van der Waals surface area contributed by atoms with Gasteiger partial charge in [-0.1, -0.05) is 96.7 Å². The van der Waals surface area contributed by atoms with Crippen molar-refractivity contribution in [1.82, 2.24) is 20.6 Å². The molecule has 0 saturated carbocycles. The number of aromatic nitrogens is 2. The molecule has 5 N–H and O–H groups in total. The Kier molecular flexibility index (Phi) is 13.3. The van der Waals surface area contributed by atoms with Crippen LogP contribution in [0.15, 0.2) is 73.1 Å². The minimum Gasteiger partial charge on any atom is -0.494 e. The van der Waals surface area contributed by atoms with Crippen LogP contribution in [0.4, 0.5) is 0 Å². The van der Waals surface area contributed by atoms with E-state index in [2.05, 4.69) is 48.3 Å². The fourth-order valence-electron chi connectivity index (χ4n) is 5.25. The number of nitrogens with one attached hydrogen (secondary N) is 2. The maximum Gasteiger partial charge on any atom is 0.344 e. The first-order chi connectivity index (χ1) is 23.8. The van der Waals surface area contributed by atoms with Gasteiger partial charge >= 0.3 is 5.97 Å². The first kappa shape index (κ1) is 38.2. The van der Waals surface area contributed by atoms with Gasteiger partial charge in [0, 0.05) is 28.4 Å². The van der Waals surface area contributed by atoms with Crippen LogP contribution in [0.2, 0.25) is 0 Å². The first-order valence-electron chi connectivity index (χ1n) is 17.2. The van der Waals surface area contributed by atoms with Crippen molar-refractivity contribution in [1.29, 1.82) is 0 Å². The quantitative estimate of drug-likeness (QED) is 0.0647. The van der Waals surface area contributed by atoms with E-state index in [1.165, 1.54) is 37.0 Å². The molecule has 266 valence electrons. The van der Waals surface area contributed by atoms with Crippen LogP contribution in [-0.2, 0) is 15.0 Å². The molecule has 0 saturated heterocycles. The number of unbranched alkanes of at least 4 members (excludes halogenated alkanes) is 4. The van der Waals surface area contributed by atoms with Crippen molar-refractivity contribution in [2.45, 2.75) is 96.7 Å². The number of nitrogens with two attached hydrogens (primary N) is 1. The summed E-state index contributed by atoms with van der Waals surface area (Å²) in [5.74, 6) is -0.914. The van der Waals surface area contributed by atoms with Crippen molar-refractivity contribution in [2.75, 3.05) is 6.61 Å². The van der Waals surface area contributed by atoms with Crippen LogP contribution >= 0.6 is 11.3 Å². The van der Waals surface area contributed by atoms with Gasteiger partial charge in [-0.2, -0.15) is 0 Å². The topological polar surface area (TPSA) is 157 Å². The Morgan fingerprint density at radius 2 is 1.50 bits per heavy atom. The molecular weight excluding hydrogens is 651 g/mol. The minimum atomic E-state index is -1.92. The van der Waals surface area contributed by atoms with E-state index in [1.54, 1.807) is 37.5 Å². The van der Waals surface area contributed by atoms with Gasteiger partial charge in [-0.05, 0) is 53.6 Å². The number of carboxylic acid groups (broad SMARTS) is 1. The third-order valence-corrected chi connectivity index (χ3v) is 10.0. The number of amides is 2. The Hall–Kier alpha value is -4.61. The fraction of sp³-hybridized carbons (Fsp3) is 0.410. The highest BCUT2D eigenvalue weighted by Crippen LogP contribution is 2.30. The van der Waals surface area contributed by atoms with Crippen molar-refractivity contribution in [3.05, 3.63) is 88.4 Å². The average Bonchev–Trinajstić information content (AvgIpc) is 3.62. The molecule has 0 unspecified atom stereocenters. The lowest BCUT2D eigenvalue weighted by molar-refractivity contribution is -0.147. The molecule has 50 heavy (non-hydrogen) atoms. The molecule has 2 amide bonds. The molecule has 4 rings (SSSR count). The zero-order valence-electron chi connectivity index (χ0n) is 29.6. The third-order valence-electron chi connectivity index (χ3n) is 8.49. The fourth-order valence-corrected chi connectivity index (χ4v) is 6.22. The molecule has 0 radical (unpaired) electrons. The monoisotopic (exact) mass is 699 g/mol. The second-order valence-electron chi connectivity index (χ2n) is 13.5. The zero-order valence-corrected chi connectivity index (χ0v) is 30.4. The lowest BCUT2D eigenvalue weighted by atomic mass is 9.95. The van der Waals surface area contributed by atoms with Gasteiger partial charge in [-0.25, -0.2) is 14.8 Å². The number of hydrogen-bond acceptors (Lipinski definition) is 8. The van der Waals surface area contributed by atoms with Crippen molar-refractivity contribution in [3.8, 4) is 28.3 Å². The molecular formula is C39H49N5O5S. The highest BCUT2D eigenvalue weighted by Gasteiger charge is 2.34. The van der Waals surface area contributed by atoms with Crippen LogP contribution < -0.4 is 21.1 Å². The number of aliphatic carboxylic acids is 1. The van der Waals surface area contributed by atoms with E-state index in [0.29, 0.717) is 22.9 Å². The molecule has 11 heteroatoms. The Labute approximate surface area is 298 Å². The summed E-state index contributed by atoms with van der Waals surface area (Å²) in [5, 5.41) is 14.9. The standard InChI is InChI=1S/C39H49N5O5S/c1-6-8-9-10-11-22-49-30-18-16-26(17-19-30)29-24-41-35(42-25-29)28-14-12-27(13-15-28)31(23-34(45)44-39(40,7-2)37(47)48)43-36(46)32-20-21-33(50-32)38(3,4)5/h12-21,24-25,31H,6-11,22-23,40H2,1-5H3,(H,43,46)(H,44,45)(H,47,48)/t31-,39-/m0/s1. The maximum absolute atomic E-state index is 13.4. The second kappa shape index (κ2) is 17.4. The molecule has 10 nitrogen and oxygen atoms in total. The normalized spacial score (nSPS) is 13.2. The summed E-state index contributed by atoms with van der Waals surface area (Å²) < 4.78 is 5.89. The largest absolute Gasteiger partial charge is 0.494 e. The number of carbonyl (C=O) groups is 3. The molecule has 0 spiro atoms. The summed E-state index contributed by atoms with van der Waals surface area (Å²) in [6.45, 7) is 10.7. The second-order valence-corrected chi connectivity index (χ2v) is 14.6. The number of ether oxygens (including phenoxy) is 1. The van der Waals surface area contributed by atoms with Crippen LogP contribution in [0, 0.1) is 0 Å². The number of rotatable bonds is 17. The highest BCUT2D eigenvalue weighted by molar-refractivity contribution is 7.14. The van der Waals surface area contributed by atoms with Gasteiger partial charge in [0.15, 0.2) is 11.5 Å². The van der Waals surface area contributed by atoms with E-state index in [-0.39, 0.29) is 24.2 Å². The first-order valence-corrected chi connectivity index (χ1v) is 18.0. The zero-order chi connectivity index (χ0) is 36.3. The summed E-state index contributed by atoms with van der Waals surface area (Å²) in [4.78, 5) is 48.9. The lowest BCUT2D eigenvalue weighted by Crippen LogP contribution is -2.61. The van der Waals surface area contributed by atoms with Gasteiger partial charge < -0.3 is 20.5 Å². The Balaban J connectivity index is 1.46. The molecule has 0 fully saturated rings. The smallest absolute Gasteiger partial charge is 0.344 e. The van der Waals surface area contributed by atoms with Crippen molar-refractivity contribution >= 4 is 29.1 Å². The number of nitrogens with zero attached hydrogens (tertiary/aromatic N) is 2. The Morgan fingerprint density at radius 1 is 0.860 bits per heavy atom. The molecule has 2 heterocycles. The Bertz CT molecular complexity index is 1720. The Morgan fingerprint density at radius 3 is 2.08 bits per heavy atom. The summed E-state index contributed by atoms with van der Waals surface area (Å²) in [6.07, 6.45) is 9.29. The van der Waals surface area contributed by atoms with Crippen molar-refractivity contribution in [2.24, 2.45) is 5.73 Å². The number of benzene rings is 2. The van der Waals surface area contributed by atoms with Crippen LogP contribution in [0.3, 0.4) is 0 Å². The lowest BCUT2D eigenvalue weighted by Gasteiger charge is -2.26. The number of hydrogen-bond donors (Lipinski definition) is 4. The highest BCUT2D eigenvalue weighted by atomic mass is 32.1. The van der Waals surface area contributed by atoms with Gasteiger partial charge in [0.2, 0.25) is 5.91 Å². The molecule has 4 aromatic rings. The van der Waals surface area contributed by atoms with E-state index < -0.39 is 23.6 Å². The van der Waals surface area contributed by atoms with Crippen molar-refractivity contribution in [3.63, 3.8) is 0 Å². The summed E-state index contributed by atoms with van der Waals surface area (Å²) in [5.41, 5.74) is 7.15. The molecule has 2 aromatic carbocycles. The molecule has 0 aliphatic heterocycles. The van der Waals surface area contributed by atoms with Gasteiger partial charge in [0.05, 0.1) is 23.9 Å². The maximum atomic E-state index is 13.4. The van der Waals surface area contributed by atoms with Crippen LogP contribution in [0.25, 0.3) is 22.5 Å². The van der Waals surface area contributed by atoms with Crippen LogP contribution in [-0.4, -0.2) is 45.1 Å². The molecule has 2 atom stereocenters.